The molecule has 24 heteroatoms. The highest BCUT2D eigenvalue weighted by molar-refractivity contribution is 5.94. The summed E-state index contributed by atoms with van der Waals surface area (Å²) >= 11 is 0. The van der Waals surface area contributed by atoms with Crippen molar-refractivity contribution in [3.05, 3.63) is 235 Å². The van der Waals surface area contributed by atoms with E-state index < -0.39 is 61.2 Å². The molecule has 0 fully saturated rings. The second-order valence-corrected chi connectivity index (χ2v) is 21.9. The lowest BCUT2D eigenvalue weighted by atomic mass is 9.84. The fourth-order valence-electron chi connectivity index (χ4n) is 10.5. The maximum Gasteiger partial charge on any atom is 0.373 e. The Bertz CT molecular complexity index is 3580. The number of esters is 6. The summed E-state index contributed by atoms with van der Waals surface area (Å²) in [5.41, 5.74) is 27.0. The molecule has 24 nitrogen and oxygen atoms in total. The first-order chi connectivity index (χ1) is 46.0. The summed E-state index contributed by atoms with van der Waals surface area (Å²) in [6.07, 6.45) is 0.838. The number of hydrogen-bond donors (Lipinski definition) is 4. The van der Waals surface area contributed by atoms with Gasteiger partial charge in [-0.1, -0.05) is 104 Å². The molecule has 0 saturated carbocycles. The SMILES string of the molecule is C.CCOC(=O)C1=C(N)CC2c3cc(C)c(C)cc3CCN2C1.CCOC(=O)C1=C(N)C[C@H]2c3cc(C)c(C)cc3CCN2C1.O=C(OC[C@H](OC(=O)c1ccccc1)C(=O)O)c1ccccc1.O=C(OC[C@H](OC(=O)c1ccccc1)C(=O)O)c1ccccc1.O=C=O.O=C=O. The summed E-state index contributed by atoms with van der Waals surface area (Å²) in [6.45, 7) is 15.1. The molecule has 512 valence electrons. The van der Waals surface area contributed by atoms with E-state index in [0.29, 0.717) is 73.8 Å². The van der Waals surface area contributed by atoms with E-state index in [1.165, 1.54) is 93.0 Å². The van der Waals surface area contributed by atoms with Crippen LogP contribution in [-0.2, 0) is 79.6 Å². The highest BCUT2D eigenvalue weighted by Crippen LogP contribution is 2.40. The third-order valence-corrected chi connectivity index (χ3v) is 15.6. The van der Waals surface area contributed by atoms with E-state index in [-0.39, 0.29) is 53.9 Å². The van der Waals surface area contributed by atoms with Gasteiger partial charge in [-0.25, -0.2) is 38.4 Å². The average Bonchev–Trinajstić information content (AvgIpc) is 0.776. The third kappa shape index (κ3) is 23.1. The van der Waals surface area contributed by atoms with E-state index in [2.05, 4.69) is 61.8 Å². The lowest BCUT2D eigenvalue weighted by Gasteiger charge is -2.41. The molecule has 0 saturated heterocycles. The fraction of sp³-hybridized carbons (Fsp3) is 0.315. The minimum Gasteiger partial charge on any atom is -0.478 e. The zero-order chi connectivity index (χ0) is 70.4. The Balaban J connectivity index is 0.000000266. The van der Waals surface area contributed by atoms with Crippen molar-refractivity contribution in [2.24, 2.45) is 11.5 Å². The van der Waals surface area contributed by atoms with Crippen molar-refractivity contribution in [2.75, 3.05) is 52.6 Å². The number of ether oxygens (including phenoxy) is 6. The molecule has 0 spiro atoms. The van der Waals surface area contributed by atoms with E-state index in [9.17, 15) is 38.4 Å². The predicted octanol–water partition coefficient (Wildman–Crippen LogP) is 8.54. The van der Waals surface area contributed by atoms with Gasteiger partial charge in [0, 0.05) is 62.5 Å². The van der Waals surface area contributed by atoms with E-state index in [4.69, 9.17) is 69.3 Å². The van der Waals surface area contributed by atoms with Gasteiger partial charge < -0.3 is 50.1 Å². The lowest BCUT2D eigenvalue weighted by Crippen LogP contribution is -2.42. The van der Waals surface area contributed by atoms with Crippen LogP contribution in [0.1, 0.15) is 132 Å². The third-order valence-electron chi connectivity index (χ3n) is 15.6. The van der Waals surface area contributed by atoms with Crippen LogP contribution >= 0.6 is 0 Å². The molecule has 4 aliphatic heterocycles. The molecule has 97 heavy (non-hydrogen) atoms. The van der Waals surface area contributed by atoms with Crippen molar-refractivity contribution in [1.82, 2.24) is 9.80 Å². The Morgan fingerprint density at radius 1 is 0.454 bits per heavy atom. The number of carboxylic acid groups (broad SMARTS) is 2. The first-order valence-electron chi connectivity index (χ1n) is 30.4. The predicted molar refractivity (Wildman–Crippen MR) is 350 cm³/mol. The number of benzene rings is 6. The quantitative estimate of drug-likeness (QED) is 0.0520. The van der Waals surface area contributed by atoms with Crippen LogP contribution in [0.2, 0.25) is 0 Å². The van der Waals surface area contributed by atoms with Gasteiger partial charge in [-0.05, 0) is 147 Å². The molecule has 4 heterocycles. The molecule has 6 aromatic rings. The molecule has 0 amide bonds. The van der Waals surface area contributed by atoms with Gasteiger partial charge in [-0.3, -0.25) is 9.80 Å². The number of aliphatic carboxylic acids is 2. The molecule has 0 bridgehead atoms. The molecule has 0 aliphatic carbocycles. The first-order valence-corrected chi connectivity index (χ1v) is 30.4. The van der Waals surface area contributed by atoms with Crippen LogP contribution in [0.4, 0.5) is 0 Å². The number of nitrogens with two attached hydrogens (primary N) is 2. The van der Waals surface area contributed by atoms with Gasteiger partial charge in [-0.15, -0.1) is 0 Å². The second kappa shape index (κ2) is 39.5. The van der Waals surface area contributed by atoms with Crippen LogP contribution in [0.15, 0.2) is 168 Å². The Kier molecular flexibility index (Phi) is 31.9. The molecule has 4 aliphatic rings. The summed E-state index contributed by atoms with van der Waals surface area (Å²) in [5.74, 6) is -6.28. The van der Waals surface area contributed by atoms with Crippen LogP contribution in [0.3, 0.4) is 0 Å². The summed E-state index contributed by atoms with van der Waals surface area (Å²) in [7, 11) is 0. The Hall–Kier alpha value is -11.2. The van der Waals surface area contributed by atoms with Gasteiger partial charge in [0.05, 0.1) is 46.6 Å². The highest BCUT2D eigenvalue weighted by atomic mass is 16.6. The topological polar surface area (TPSA) is 359 Å². The number of nitrogens with zero attached hydrogens (tertiary/aromatic N) is 2. The largest absolute Gasteiger partial charge is 0.478 e. The number of carbonyl (C=O) groups excluding carboxylic acids is 10. The maximum atomic E-state index is 12.0. The smallest absolute Gasteiger partial charge is 0.373 e. The summed E-state index contributed by atoms with van der Waals surface area (Å²) < 4.78 is 29.8. The van der Waals surface area contributed by atoms with Crippen LogP contribution in [0.5, 0.6) is 0 Å². The number of hydrogen-bond acceptors (Lipinski definition) is 22. The molecular formula is C73H80N4O20. The fourth-order valence-corrected chi connectivity index (χ4v) is 10.5. The van der Waals surface area contributed by atoms with Crippen LogP contribution in [-0.4, -0.2) is 145 Å². The monoisotopic (exact) mass is 1330 g/mol. The average molecular weight is 1330 g/mol. The number of rotatable bonds is 16. The molecule has 0 aromatic heterocycles. The van der Waals surface area contributed by atoms with Crippen molar-refractivity contribution in [3.63, 3.8) is 0 Å². The number of fused-ring (bicyclic) bond motifs is 6. The summed E-state index contributed by atoms with van der Waals surface area (Å²) in [4.78, 5) is 131. The minimum atomic E-state index is -1.57. The molecule has 0 radical (unpaired) electrons. The molecule has 10 rings (SSSR count). The van der Waals surface area contributed by atoms with Gasteiger partial charge in [0.1, 0.15) is 13.2 Å². The number of aryl methyl sites for hydroxylation is 4. The zero-order valence-corrected chi connectivity index (χ0v) is 53.9. The minimum absolute atomic E-state index is 0. The Morgan fingerprint density at radius 3 is 1.01 bits per heavy atom. The van der Waals surface area contributed by atoms with Gasteiger partial charge >= 0.3 is 60.1 Å². The van der Waals surface area contributed by atoms with Gasteiger partial charge in [0.15, 0.2) is 0 Å². The van der Waals surface area contributed by atoms with Gasteiger partial charge in [0.2, 0.25) is 12.2 Å². The molecular weight excluding hydrogens is 1250 g/mol. The summed E-state index contributed by atoms with van der Waals surface area (Å²) in [5, 5.41) is 18.2. The number of carboxylic acids is 2. The van der Waals surface area contributed by atoms with Crippen molar-refractivity contribution in [3.8, 4) is 0 Å². The highest BCUT2D eigenvalue weighted by Gasteiger charge is 2.37. The molecule has 6 N–H and O–H groups in total. The lowest BCUT2D eigenvalue weighted by molar-refractivity contribution is -0.193. The molecule has 4 atom stereocenters. The first kappa shape index (κ1) is 78.3. The standard InChI is InChI=1S/2C18H24N2O2.2C17H14O6.2CO2.CH4/c2*1-4-22-18(21)15-10-20-6-5-13-7-11(2)12(3)8-14(13)17(20)9-16(15)19;2*18-15(19)14(23-17(21)13-9-5-2-6-10-13)11-22-16(20)12-7-3-1-4-8-12;2*2-1-3;/h2*7-8,17H,4-6,9-10,19H2,1-3H3;2*1-10,14H,11H2,(H,18,19);;;1H4/t17-;;2*14-;;;/m0.00.../s1. The van der Waals surface area contributed by atoms with Crippen LogP contribution < -0.4 is 11.5 Å². The maximum absolute atomic E-state index is 12.0. The van der Waals surface area contributed by atoms with Crippen molar-refractivity contribution in [2.45, 2.75) is 98.9 Å². The van der Waals surface area contributed by atoms with E-state index in [0.717, 1.165) is 25.9 Å². The Labute approximate surface area is 561 Å². The normalized spacial score (nSPS) is 15.2. The molecule has 1 unspecified atom stereocenters. The van der Waals surface area contributed by atoms with Crippen molar-refractivity contribution >= 4 is 60.1 Å². The van der Waals surface area contributed by atoms with Gasteiger partial charge in [-0.2, -0.15) is 19.2 Å². The van der Waals surface area contributed by atoms with Crippen molar-refractivity contribution in [1.29, 1.82) is 0 Å². The number of carbonyl (C=O) groups is 8. The van der Waals surface area contributed by atoms with Crippen LogP contribution in [0.25, 0.3) is 0 Å². The van der Waals surface area contributed by atoms with Crippen LogP contribution in [0, 0.1) is 27.7 Å². The van der Waals surface area contributed by atoms with Crippen molar-refractivity contribution < 1.29 is 96.2 Å². The summed E-state index contributed by atoms with van der Waals surface area (Å²) in [6, 6.07) is 41.9. The van der Waals surface area contributed by atoms with E-state index >= 15 is 0 Å². The van der Waals surface area contributed by atoms with Gasteiger partial charge in [0.25, 0.3) is 0 Å². The van der Waals surface area contributed by atoms with E-state index in [1.54, 1.807) is 72.8 Å². The van der Waals surface area contributed by atoms with E-state index in [1.807, 2.05) is 13.8 Å². The molecule has 6 aromatic carbocycles. The zero-order valence-electron chi connectivity index (χ0n) is 53.9. The Morgan fingerprint density at radius 2 is 0.732 bits per heavy atom. The second-order valence-electron chi connectivity index (χ2n) is 21.9.